The highest BCUT2D eigenvalue weighted by atomic mass is 32.1. The first kappa shape index (κ1) is 12.6. The maximum Gasteiger partial charge on any atom is 0.171 e. The highest BCUT2D eigenvalue weighted by molar-refractivity contribution is 7.80. The molecule has 0 saturated carbocycles. The summed E-state index contributed by atoms with van der Waals surface area (Å²) in [6.45, 7) is 2.73. The van der Waals surface area contributed by atoms with Crippen LogP contribution >= 0.6 is 12.2 Å². The maximum absolute atomic E-state index is 5.23. The number of nitrogens with zero attached hydrogens (tertiary/aromatic N) is 2. The van der Waals surface area contributed by atoms with Crippen molar-refractivity contribution in [3.8, 4) is 0 Å². The van der Waals surface area contributed by atoms with Gasteiger partial charge in [-0.3, -0.25) is 4.68 Å². The lowest BCUT2D eigenvalue weighted by atomic mass is 10.2. The van der Waals surface area contributed by atoms with E-state index in [-0.39, 0.29) is 0 Å². The van der Waals surface area contributed by atoms with Crippen molar-refractivity contribution in [2.75, 3.05) is 5.32 Å². The molecule has 0 bridgehead atoms. The van der Waals surface area contributed by atoms with Gasteiger partial charge in [-0.2, -0.15) is 5.10 Å². The molecular formula is C13H16N4S. The van der Waals surface area contributed by atoms with Gasteiger partial charge in [0.2, 0.25) is 0 Å². The topological polar surface area (TPSA) is 41.9 Å². The zero-order valence-corrected chi connectivity index (χ0v) is 11.3. The van der Waals surface area contributed by atoms with Crippen LogP contribution in [0.15, 0.2) is 36.7 Å². The summed E-state index contributed by atoms with van der Waals surface area (Å²) < 4.78 is 1.77. The van der Waals surface area contributed by atoms with Crippen LogP contribution in [0.2, 0.25) is 0 Å². The fraction of sp³-hybridized carbons (Fsp3) is 0.231. The number of rotatable bonds is 3. The smallest absolute Gasteiger partial charge is 0.171 e. The average molecular weight is 260 g/mol. The first-order valence-electron chi connectivity index (χ1n) is 5.72. The molecule has 0 aliphatic heterocycles. The molecule has 0 fully saturated rings. The van der Waals surface area contributed by atoms with Crippen LogP contribution in [0.4, 0.5) is 5.69 Å². The largest absolute Gasteiger partial charge is 0.358 e. The van der Waals surface area contributed by atoms with Gasteiger partial charge in [-0.05, 0) is 31.3 Å². The summed E-state index contributed by atoms with van der Waals surface area (Å²) in [5.41, 5.74) is 3.32. The van der Waals surface area contributed by atoms with E-state index in [9.17, 15) is 0 Å². The Balaban J connectivity index is 1.83. The third-order valence-electron chi connectivity index (χ3n) is 2.52. The average Bonchev–Trinajstić information content (AvgIpc) is 2.76. The van der Waals surface area contributed by atoms with E-state index >= 15 is 0 Å². The minimum atomic E-state index is 0.614. The Kier molecular flexibility index (Phi) is 3.94. The zero-order valence-electron chi connectivity index (χ0n) is 10.5. The van der Waals surface area contributed by atoms with Crippen LogP contribution in [0.25, 0.3) is 0 Å². The van der Waals surface area contributed by atoms with Gasteiger partial charge >= 0.3 is 0 Å². The van der Waals surface area contributed by atoms with Crippen LogP contribution in [0.1, 0.15) is 11.1 Å². The molecule has 2 rings (SSSR count). The number of benzene rings is 1. The summed E-state index contributed by atoms with van der Waals surface area (Å²) in [7, 11) is 1.90. The van der Waals surface area contributed by atoms with Crippen molar-refractivity contribution in [1.29, 1.82) is 0 Å². The second-order valence-electron chi connectivity index (χ2n) is 4.20. The predicted octanol–water partition coefficient (Wildman–Crippen LogP) is 2.22. The molecule has 0 saturated heterocycles. The monoisotopic (exact) mass is 260 g/mol. The van der Waals surface area contributed by atoms with Gasteiger partial charge < -0.3 is 10.6 Å². The number of hydrogen-bond acceptors (Lipinski definition) is 2. The highest BCUT2D eigenvalue weighted by Crippen LogP contribution is 2.08. The van der Waals surface area contributed by atoms with Gasteiger partial charge in [-0.1, -0.05) is 17.7 Å². The molecule has 0 spiro atoms. The van der Waals surface area contributed by atoms with Crippen LogP contribution in [0.3, 0.4) is 0 Å². The molecule has 0 aliphatic rings. The Morgan fingerprint density at radius 2 is 2.06 bits per heavy atom. The fourth-order valence-corrected chi connectivity index (χ4v) is 1.75. The lowest BCUT2D eigenvalue weighted by Crippen LogP contribution is -2.27. The van der Waals surface area contributed by atoms with Crippen LogP contribution < -0.4 is 10.6 Å². The molecule has 0 radical (unpaired) electrons. The van der Waals surface area contributed by atoms with Gasteiger partial charge in [-0.25, -0.2) is 0 Å². The van der Waals surface area contributed by atoms with E-state index in [1.807, 2.05) is 43.7 Å². The van der Waals surface area contributed by atoms with Crippen molar-refractivity contribution in [1.82, 2.24) is 15.1 Å². The second-order valence-corrected chi connectivity index (χ2v) is 4.60. The van der Waals surface area contributed by atoms with E-state index in [0.717, 1.165) is 11.3 Å². The van der Waals surface area contributed by atoms with Gasteiger partial charge in [0, 0.05) is 31.0 Å². The number of hydrogen-bond donors (Lipinski definition) is 2. The molecule has 1 aromatic heterocycles. The van der Waals surface area contributed by atoms with E-state index in [0.29, 0.717) is 11.7 Å². The molecule has 1 heterocycles. The first-order valence-corrected chi connectivity index (χ1v) is 6.13. The van der Waals surface area contributed by atoms with Gasteiger partial charge in [0.15, 0.2) is 5.11 Å². The summed E-state index contributed by atoms with van der Waals surface area (Å²) in [5, 5.41) is 11.0. The van der Waals surface area contributed by atoms with Gasteiger partial charge in [0.1, 0.15) is 0 Å². The Hall–Kier alpha value is -1.88. The molecule has 0 aliphatic carbocycles. The number of nitrogens with one attached hydrogen (secondary N) is 2. The molecule has 2 N–H and O–H groups in total. The van der Waals surface area contributed by atoms with E-state index in [1.165, 1.54) is 5.56 Å². The Bertz CT molecular complexity index is 530. The highest BCUT2D eigenvalue weighted by Gasteiger charge is 1.99. The quantitative estimate of drug-likeness (QED) is 0.830. The van der Waals surface area contributed by atoms with E-state index in [4.69, 9.17) is 12.2 Å². The third-order valence-corrected chi connectivity index (χ3v) is 2.77. The Morgan fingerprint density at radius 1 is 1.33 bits per heavy atom. The van der Waals surface area contributed by atoms with Crippen molar-refractivity contribution in [2.24, 2.45) is 7.05 Å². The van der Waals surface area contributed by atoms with Crippen molar-refractivity contribution in [3.05, 3.63) is 47.8 Å². The van der Waals surface area contributed by atoms with E-state index < -0.39 is 0 Å². The van der Waals surface area contributed by atoms with Gasteiger partial charge in [0.05, 0.1) is 6.20 Å². The maximum atomic E-state index is 5.23. The summed E-state index contributed by atoms with van der Waals surface area (Å²) in [5.74, 6) is 0. The van der Waals surface area contributed by atoms with Crippen LogP contribution in [0.5, 0.6) is 0 Å². The Labute approximate surface area is 112 Å². The summed E-state index contributed by atoms with van der Waals surface area (Å²) in [6.07, 6.45) is 3.78. The minimum Gasteiger partial charge on any atom is -0.358 e. The summed E-state index contributed by atoms with van der Waals surface area (Å²) in [6, 6.07) is 8.11. The molecule has 1 aromatic carbocycles. The van der Waals surface area contributed by atoms with Crippen molar-refractivity contribution >= 4 is 23.0 Å². The molecule has 0 unspecified atom stereocenters. The molecule has 2 aromatic rings. The summed E-state index contributed by atoms with van der Waals surface area (Å²) >= 11 is 5.23. The molecule has 18 heavy (non-hydrogen) atoms. The predicted molar refractivity (Wildman–Crippen MR) is 77.4 cm³/mol. The standard InChI is InChI=1S/C13H16N4S/c1-10-3-5-12(6-4-10)16-13(18)14-7-11-8-15-17(2)9-11/h3-6,8-9H,7H2,1-2H3,(H2,14,16,18). The van der Waals surface area contributed by atoms with Crippen LogP contribution in [-0.2, 0) is 13.6 Å². The molecule has 0 atom stereocenters. The van der Waals surface area contributed by atoms with Crippen molar-refractivity contribution < 1.29 is 0 Å². The zero-order chi connectivity index (χ0) is 13.0. The van der Waals surface area contributed by atoms with Crippen molar-refractivity contribution in [3.63, 3.8) is 0 Å². The van der Waals surface area contributed by atoms with Crippen molar-refractivity contribution in [2.45, 2.75) is 13.5 Å². The van der Waals surface area contributed by atoms with E-state index in [2.05, 4.69) is 22.7 Å². The minimum absolute atomic E-state index is 0.614. The van der Waals surface area contributed by atoms with Crippen LogP contribution in [0, 0.1) is 6.92 Å². The first-order chi connectivity index (χ1) is 8.63. The molecule has 5 heteroatoms. The SMILES string of the molecule is Cc1ccc(NC(=S)NCc2cnn(C)c2)cc1. The molecular weight excluding hydrogens is 244 g/mol. The lowest BCUT2D eigenvalue weighted by Gasteiger charge is -2.09. The second kappa shape index (κ2) is 5.64. The number of aromatic nitrogens is 2. The van der Waals surface area contributed by atoms with Gasteiger partial charge in [-0.15, -0.1) is 0 Å². The van der Waals surface area contributed by atoms with E-state index in [1.54, 1.807) is 4.68 Å². The molecule has 4 nitrogen and oxygen atoms in total. The Morgan fingerprint density at radius 3 is 2.67 bits per heavy atom. The molecule has 0 amide bonds. The normalized spacial score (nSPS) is 10.1. The van der Waals surface area contributed by atoms with Crippen LogP contribution in [-0.4, -0.2) is 14.9 Å². The van der Waals surface area contributed by atoms with Gasteiger partial charge in [0.25, 0.3) is 0 Å². The third kappa shape index (κ3) is 3.56. The summed E-state index contributed by atoms with van der Waals surface area (Å²) in [4.78, 5) is 0. The lowest BCUT2D eigenvalue weighted by molar-refractivity contribution is 0.766. The number of thiocarbonyl (C=S) groups is 1. The number of anilines is 1. The fourth-order valence-electron chi connectivity index (χ4n) is 1.56. The number of aryl methyl sites for hydroxylation is 2. The molecule has 94 valence electrons.